The first-order valence-electron chi connectivity index (χ1n) is 7.98. The Morgan fingerprint density at radius 3 is 2.00 bits per heavy atom. The van der Waals surface area contributed by atoms with Crippen molar-refractivity contribution in [1.29, 1.82) is 0 Å². The highest BCUT2D eigenvalue weighted by atomic mass is 28.2. The molecule has 0 aliphatic carbocycles. The minimum absolute atomic E-state index is 0.649. The van der Waals surface area contributed by atoms with E-state index in [-0.39, 0.29) is 0 Å². The van der Waals surface area contributed by atoms with Gasteiger partial charge in [0.1, 0.15) is 6.61 Å². The van der Waals surface area contributed by atoms with Crippen molar-refractivity contribution in [2.45, 2.75) is 90.6 Å². The Bertz CT molecular complexity index is 201. The highest BCUT2D eigenvalue weighted by Crippen LogP contribution is 2.24. The molecule has 0 radical (unpaired) electrons. The third-order valence-corrected chi connectivity index (χ3v) is 6.05. The molecule has 0 aliphatic rings. The van der Waals surface area contributed by atoms with Crippen molar-refractivity contribution in [2.75, 3.05) is 6.61 Å². The van der Waals surface area contributed by atoms with E-state index in [1.165, 1.54) is 51.0 Å². The van der Waals surface area contributed by atoms with Crippen LogP contribution in [0.25, 0.3) is 0 Å². The van der Waals surface area contributed by atoms with E-state index in [1.807, 2.05) is 0 Å². The first kappa shape index (κ1) is 17.8. The maximum absolute atomic E-state index is 5.58. The fourth-order valence-corrected chi connectivity index (χ4v) is 5.06. The molecule has 0 unspecified atom stereocenters. The van der Waals surface area contributed by atoms with E-state index in [2.05, 4.69) is 32.5 Å². The first-order chi connectivity index (χ1) is 8.79. The summed E-state index contributed by atoms with van der Waals surface area (Å²) in [6, 6.07) is 1.30. The summed E-state index contributed by atoms with van der Waals surface area (Å²) in [6.07, 6.45) is 10.2. The lowest BCUT2D eigenvalue weighted by atomic mass is 10.1. The summed E-state index contributed by atoms with van der Waals surface area (Å²) in [6.45, 7) is 9.87. The predicted molar refractivity (Wildman–Crippen MR) is 82.3 cm³/mol. The van der Waals surface area contributed by atoms with Gasteiger partial charge in [0.05, 0.1) is 0 Å². The van der Waals surface area contributed by atoms with Gasteiger partial charge in [-0.15, -0.1) is 0 Å². The minimum Gasteiger partial charge on any atom is -0.407 e. The summed E-state index contributed by atoms with van der Waals surface area (Å²) < 4.78 is 0. The van der Waals surface area contributed by atoms with Gasteiger partial charge >= 0.3 is 0 Å². The first-order valence-corrected chi connectivity index (χ1v) is 9.71. The van der Waals surface area contributed by atoms with Crippen LogP contribution in [-0.2, 0) is 4.84 Å². The molecule has 0 aliphatic heterocycles. The molecule has 0 amide bonds. The van der Waals surface area contributed by atoms with E-state index < -0.39 is 8.59 Å². The molecule has 0 spiro atoms. The van der Waals surface area contributed by atoms with Crippen molar-refractivity contribution in [3.63, 3.8) is 0 Å². The standard InChI is InChI=1S/C15H33NOSi/c1-5-9-13-17-16-18(14-10-6-2)15(11-7-3)12-8-4/h15H,5-14H2,1-4H3. The highest BCUT2D eigenvalue weighted by molar-refractivity contribution is 6.48. The Balaban J connectivity index is 4.38. The second-order valence-corrected chi connectivity index (χ2v) is 7.63. The maximum atomic E-state index is 5.58. The average molecular weight is 272 g/mol. The molecule has 0 atom stereocenters. The van der Waals surface area contributed by atoms with Gasteiger partial charge in [-0.3, -0.25) is 0 Å². The monoisotopic (exact) mass is 271 g/mol. The van der Waals surface area contributed by atoms with Gasteiger partial charge in [-0.1, -0.05) is 59.8 Å². The molecule has 0 saturated heterocycles. The zero-order chi connectivity index (χ0) is 13.6. The van der Waals surface area contributed by atoms with Crippen LogP contribution >= 0.6 is 0 Å². The molecule has 2 nitrogen and oxygen atoms in total. The number of hydrogen-bond donors (Lipinski definition) is 0. The van der Waals surface area contributed by atoms with Gasteiger partial charge < -0.3 is 4.84 Å². The number of unbranched alkanes of at least 4 members (excludes halogenated alkanes) is 2. The van der Waals surface area contributed by atoms with E-state index in [9.17, 15) is 0 Å². The van der Waals surface area contributed by atoms with Crippen molar-refractivity contribution in [3.8, 4) is 0 Å². The van der Waals surface area contributed by atoms with Gasteiger partial charge in [-0.25, -0.2) is 0 Å². The Labute approximate surface area is 116 Å². The third kappa shape index (κ3) is 8.84. The average Bonchev–Trinajstić information content (AvgIpc) is 2.38. The Kier molecular flexibility index (Phi) is 13.1. The van der Waals surface area contributed by atoms with Gasteiger partial charge in [0.25, 0.3) is 0 Å². The van der Waals surface area contributed by atoms with Crippen LogP contribution in [-0.4, -0.2) is 15.2 Å². The molecule has 18 heavy (non-hydrogen) atoms. The molecule has 0 heterocycles. The van der Waals surface area contributed by atoms with Crippen LogP contribution in [0.2, 0.25) is 11.6 Å². The third-order valence-electron chi connectivity index (χ3n) is 3.30. The summed E-state index contributed by atoms with van der Waals surface area (Å²) in [5, 5.41) is 0. The van der Waals surface area contributed by atoms with Crippen LogP contribution < -0.4 is 0 Å². The molecule has 0 aromatic rings. The van der Waals surface area contributed by atoms with Gasteiger partial charge in [0.2, 0.25) is 0 Å². The van der Waals surface area contributed by atoms with Crippen LogP contribution in [0, 0.1) is 0 Å². The predicted octanol–water partition coefficient (Wildman–Crippen LogP) is 5.75. The summed E-state index contributed by atoms with van der Waals surface area (Å²) in [4.78, 5) is 10.2. The van der Waals surface area contributed by atoms with Crippen molar-refractivity contribution in [1.82, 2.24) is 0 Å². The van der Waals surface area contributed by atoms with Crippen LogP contribution in [0.15, 0.2) is 4.80 Å². The SMILES string of the molecule is CCCCON=[Si](CCCC)C(CCC)CCC. The van der Waals surface area contributed by atoms with Crippen LogP contribution in [0.3, 0.4) is 0 Å². The van der Waals surface area contributed by atoms with Crippen LogP contribution in [0.4, 0.5) is 0 Å². The molecular weight excluding hydrogens is 238 g/mol. The van der Waals surface area contributed by atoms with Crippen molar-refractivity contribution in [3.05, 3.63) is 0 Å². The van der Waals surface area contributed by atoms with Crippen molar-refractivity contribution in [2.24, 2.45) is 4.80 Å². The number of hydrogen-bond acceptors (Lipinski definition) is 2. The zero-order valence-electron chi connectivity index (χ0n) is 13.0. The lowest BCUT2D eigenvalue weighted by Gasteiger charge is -2.16. The summed E-state index contributed by atoms with van der Waals surface area (Å²) >= 11 is 0. The summed E-state index contributed by atoms with van der Waals surface area (Å²) in [5.41, 5.74) is 0.832. The maximum Gasteiger partial charge on any atom is 0.183 e. The van der Waals surface area contributed by atoms with Crippen molar-refractivity contribution >= 4 is 8.59 Å². The quantitative estimate of drug-likeness (QED) is 0.252. The second-order valence-electron chi connectivity index (χ2n) is 5.15. The van der Waals surface area contributed by atoms with E-state index in [0.29, 0.717) is 0 Å². The van der Waals surface area contributed by atoms with Crippen LogP contribution in [0.1, 0.15) is 79.1 Å². The molecule has 108 valence electrons. The van der Waals surface area contributed by atoms with Gasteiger partial charge in [0.15, 0.2) is 8.59 Å². The summed E-state index contributed by atoms with van der Waals surface area (Å²) in [5.74, 6) is 0. The van der Waals surface area contributed by atoms with E-state index in [0.717, 1.165) is 18.6 Å². The number of nitrogens with zero attached hydrogens (tertiary/aromatic N) is 1. The molecule has 0 aromatic carbocycles. The molecule has 0 bridgehead atoms. The van der Waals surface area contributed by atoms with E-state index in [1.54, 1.807) is 0 Å². The molecule has 0 saturated carbocycles. The Morgan fingerprint density at radius 1 is 0.889 bits per heavy atom. The lowest BCUT2D eigenvalue weighted by Crippen LogP contribution is -2.12. The van der Waals surface area contributed by atoms with Gasteiger partial charge in [-0.2, -0.15) is 4.80 Å². The second kappa shape index (κ2) is 13.3. The van der Waals surface area contributed by atoms with Crippen LogP contribution in [0.5, 0.6) is 0 Å². The molecular formula is C15H33NOSi. The van der Waals surface area contributed by atoms with Crippen molar-refractivity contribution < 1.29 is 4.84 Å². The molecule has 3 heteroatoms. The molecule has 0 N–H and O–H groups in total. The van der Waals surface area contributed by atoms with Gasteiger partial charge in [-0.05, 0) is 30.8 Å². The fourth-order valence-electron chi connectivity index (χ4n) is 2.19. The molecule has 0 aromatic heterocycles. The topological polar surface area (TPSA) is 21.6 Å². The fraction of sp³-hybridized carbons (Fsp3) is 1.00. The smallest absolute Gasteiger partial charge is 0.183 e. The highest BCUT2D eigenvalue weighted by Gasteiger charge is 2.16. The Hall–Kier alpha value is -0.183. The molecule has 0 rings (SSSR count). The Morgan fingerprint density at radius 2 is 1.50 bits per heavy atom. The lowest BCUT2D eigenvalue weighted by molar-refractivity contribution is 0.142. The largest absolute Gasteiger partial charge is 0.407 e. The van der Waals surface area contributed by atoms with E-state index in [4.69, 9.17) is 4.84 Å². The summed E-state index contributed by atoms with van der Waals surface area (Å²) in [7, 11) is -0.649. The normalized spacial score (nSPS) is 12.2. The number of rotatable bonds is 12. The molecule has 0 fully saturated rings. The zero-order valence-corrected chi connectivity index (χ0v) is 14.0. The van der Waals surface area contributed by atoms with Gasteiger partial charge in [0, 0.05) is 0 Å². The van der Waals surface area contributed by atoms with E-state index >= 15 is 0 Å². The minimum atomic E-state index is -0.649.